The fraction of sp³-hybridized carbons (Fsp3) is 0.292. The zero-order valence-electron chi connectivity index (χ0n) is 17.7. The van der Waals surface area contributed by atoms with E-state index in [1.807, 2.05) is 13.0 Å². The number of aryl methyl sites for hydroxylation is 3. The van der Waals surface area contributed by atoms with Gasteiger partial charge in [0.25, 0.3) is 0 Å². The van der Waals surface area contributed by atoms with E-state index in [0.29, 0.717) is 18.0 Å². The molecule has 0 saturated carbocycles. The highest BCUT2D eigenvalue weighted by atomic mass is 32.2. The van der Waals surface area contributed by atoms with Crippen molar-refractivity contribution in [3.63, 3.8) is 0 Å². The maximum atomic E-state index is 13.0. The predicted molar refractivity (Wildman–Crippen MR) is 128 cm³/mol. The molecule has 5 rings (SSSR count). The van der Waals surface area contributed by atoms with E-state index in [1.165, 1.54) is 47.9 Å². The van der Waals surface area contributed by atoms with Crippen LogP contribution in [0.1, 0.15) is 36.1 Å². The maximum Gasteiger partial charge on any atom is 0.226 e. The normalized spacial score (nSPS) is 13.3. The number of carbonyl (C=O) groups is 1. The molecule has 0 atom stereocenters. The first-order valence-electron chi connectivity index (χ1n) is 10.7. The third-order valence-electron chi connectivity index (χ3n) is 5.53. The van der Waals surface area contributed by atoms with Gasteiger partial charge in [-0.3, -0.25) is 4.79 Å². The zero-order chi connectivity index (χ0) is 22.1. The first-order chi connectivity index (χ1) is 15.5. The largest absolute Gasteiger partial charge is 0.310 e. The summed E-state index contributed by atoms with van der Waals surface area (Å²) in [6, 6.07) is 12.7. The van der Waals surface area contributed by atoms with E-state index in [1.54, 1.807) is 28.2 Å². The molecule has 0 fully saturated rings. The Morgan fingerprint density at radius 1 is 1.16 bits per heavy atom. The average molecular weight is 467 g/mol. The van der Waals surface area contributed by atoms with Crippen molar-refractivity contribution in [1.29, 1.82) is 0 Å². The minimum absolute atomic E-state index is 0.0858. The van der Waals surface area contributed by atoms with Gasteiger partial charge in [0.2, 0.25) is 11.0 Å². The van der Waals surface area contributed by atoms with Gasteiger partial charge < -0.3 is 5.32 Å². The highest BCUT2D eigenvalue weighted by Crippen LogP contribution is 2.32. The fourth-order valence-corrected chi connectivity index (χ4v) is 5.79. The Morgan fingerprint density at radius 2 is 1.91 bits per heavy atom. The molecule has 5 nitrogen and oxygen atoms in total. The van der Waals surface area contributed by atoms with Crippen LogP contribution in [0.2, 0.25) is 0 Å². The lowest BCUT2D eigenvalue weighted by molar-refractivity contribution is -0.115. The summed E-state index contributed by atoms with van der Waals surface area (Å²) < 4.78 is 15.9. The summed E-state index contributed by atoms with van der Waals surface area (Å²) in [5.74, 6) is 0.892. The van der Waals surface area contributed by atoms with Crippen molar-refractivity contribution in [1.82, 2.24) is 14.8 Å². The summed E-state index contributed by atoms with van der Waals surface area (Å²) in [6.45, 7) is 1.91. The number of rotatable bonds is 6. The van der Waals surface area contributed by atoms with E-state index in [0.717, 1.165) is 38.8 Å². The van der Waals surface area contributed by atoms with Crippen molar-refractivity contribution < 1.29 is 9.18 Å². The summed E-state index contributed by atoms with van der Waals surface area (Å²) >= 11 is 3.13. The Kier molecular flexibility index (Phi) is 5.97. The minimum Gasteiger partial charge on any atom is -0.310 e. The quantitative estimate of drug-likeness (QED) is 0.358. The zero-order valence-corrected chi connectivity index (χ0v) is 19.4. The van der Waals surface area contributed by atoms with Gasteiger partial charge in [0.05, 0.1) is 15.9 Å². The van der Waals surface area contributed by atoms with Crippen LogP contribution >= 0.6 is 23.1 Å². The number of thioether (sulfide) groups is 1. The molecule has 1 amide bonds. The van der Waals surface area contributed by atoms with E-state index in [-0.39, 0.29) is 11.7 Å². The standard InChI is InChI=1S/C24H23FN4OS2/c1-15-12-22(27-23(30)10-11-31-19-8-6-18(25)7-9-19)29(28-15)24-26-20-13-16-4-2-3-5-17(16)14-21(20)32-24/h6-9,12-14H,2-5,10-11H2,1H3,(H,27,30). The number of nitrogens with one attached hydrogen (secondary N) is 1. The molecule has 1 aliphatic carbocycles. The van der Waals surface area contributed by atoms with Crippen molar-refractivity contribution in [3.05, 3.63) is 65.1 Å². The van der Waals surface area contributed by atoms with Gasteiger partial charge in [0, 0.05) is 23.1 Å². The summed E-state index contributed by atoms with van der Waals surface area (Å²) in [4.78, 5) is 18.3. The molecule has 2 heterocycles. The fourth-order valence-electron chi connectivity index (χ4n) is 3.97. The smallest absolute Gasteiger partial charge is 0.226 e. The van der Waals surface area contributed by atoms with E-state index in [4.69, 9.17) is 4.98 Å². The lowest BCUT2D eigenvalue weighted by Gasteiger charge is -2.14. The second-order valence-corrected chi connectivity index (χ2v) is 10.2. The highest BCUT2D eigenvalue weighted by molar-refractivity contribution is 7.99. The minimum atomic E-state index is -0.259. The van der Waals surface area contributed by atoms with Crippen LogP contribution in [0.4, 0.5) is 10.2 Å². The molecule has 32 heavy (non-hydrogen) atoms. The molecule has 2 aromatic heterocycles. The van der Waals surface area contributed by atoms with E-state index in [2.05, 4.69) is 22.5 Å². The van der Waals surface area contributed by atoms with Gasteiger partial charge >= 0.3 is 0 Å². The van der Waals surface area contributed by atoms with Crippen LogP contribution in [0.3, 0.4) is 0 Å². The molecule has 164 valence electrons. The van der Waals surface area contributed by atoms with Crippen LogP contribution in [0, 0.1) is 12.7 Å². The molecule has 0 radical (unpaired) electrons. The number of nitrogens with zero attached hydrogens (tertiary/aromatic N) is 3. The number of benzene rings is 2. The number of anilines is 1. The van der Waals surface area contributed by atoms with Crippen LogP contribution in [-0.2, 0) is 17.6 Å². The molecular formula is C24H23FN4OS2. The Morgan fingerprint density at radius 3 is 2.69 bits per heavy atom. The van der Waals surface area contributed by atoms with E-state index in [9.17, 15) is 9.18 Å². The van der Waals surface area contributed by atoms with Gasteiger partial charge in [-0.15, -0.1) is 11.8 Å². The summed E-state index contributed by atoms with van der Waals surface area (Å²) in [5.41, 5.74) is 4.65. The lowest BCUT2D eigenvalue weighted by atomic mass is 9.92. The molecule has 2 aromatic carbocycles. The maximum absolute atomic E-state index is 13.0. The topological polar surface area (TPSA) is 59.8 Å². The SMILES string of the molecule is Cc1cc(NC(=O)CCSc2ccc(F)cc2)n(-c2nc3cc4c(cc3s2)CCCC4)n1. The molecule has 4 aromatic rings. The number of carbonyl (C=O) groups excluding carboxylic acids is 1. The molecule has 0 unspecified atom stereocenters. The first-order valence-corrected chi connectivity index (χ1v) is 12.5. The van der Waals surface area contributed by atoms with Gasteiger partial charge in [0.15, 0.2) is 0 Å². The van der Waals surface area contributed by atoms with Crippen LogP contribution < -0.4 is 5.32 Å². The van der Waals surface area contributed by atoms with E-state index < -0.39 is 0 Å². The average Bonchev–Trinajstić information content (AvgIpc) is 3.35. The number of amides is 1. The second kappa shape index (κ2) is 9.03. The van der Waals surface area contributed by atoms with Crippen molar-refractivity contribution >= 4 is 45.0 Å². The van der Waals surface area contributed by atoms with E-state index >= 15 is 0 Å². The van der Waals surface area contributed by atoms with Crippen LogP contribution in [0.5, 0.6) is 0 Å². The molecule has 1 N–H and O–H groups in total. The molecule has 0 spiro atoms. The van der Waals surface area contributed by atoms with Crippen molar-refractivity contribution in [3.8, 4) is 5.13 Å². The first kappa shape index (κ1) is 21.2. The molecule has 8 heteroatoms. The van der Waals surface area contributed by atoms with Crippen LogP contribution in [0.15, 0.2) is 47.4 Å². The summed E-state index contributed by atoms with van der Waals surface area (Å²) in [6.07, 6.45) is 5.09. The van der Waals surface area contributed by atoms with Crippen molar-refractivity contribution in [2.45, 2.75) is 43.9 Å². The third-order valence-corrected chi connectivity index (χ3v) is 7.54. The number of halogens is 1. The number of thiazole rings is 1. The lowest BCUT2D eigenvalue weighted by Crippen LogP contribution is -2.15. The highest BCUT2D eigenvalue weighted by Gasteiger charge is 2.17. The number of aromatic nitrogens is 3. The van der Waals surface area contributed by atoms with Gasteiger partial charge in [0.1, 0.15) is 11.6 Å². The molecule has 0 aliphatic heterocycles. The van der Waals surface area contributed by atoms with Gasteiger partial charge in [-0.1, -0.05) is 11.3 Å². The van der Waals surface area contributed by atoms with Crippen molar-refractivity contribution in [2.75, 3.05) is 11.1 Å². The molecule has 0 bridgehead atoms. The third kappa shape index (κ3) is 4.56. The Balaban J connectivity index is 1.30. The Labute approximate surface area is 194 Å². The number of fused-ring (bicyclic) bond motifs is 2. The van der Waals surface area contributed by atoms with Crippen LogP contribution in [-0.4, -0.2) is 26.4 Å². The second-order valence-electron chi connectivity index (χ2n) is 7.98. The molecule has 0 saturated heterocycles. The Hall–Kier alpha value is -2.71. The van der Waals surface area contributed by atoms with Crippen LogP contribution in [0.25, 0.3) is 15.3 Å². The molecular weight excluding hydrogens is 443 g/mol. The van der Waals surface area contributed by atoms with Crippen molar-refractivity contribution in [2.24, 2.45) is 0 Å². The monoisotopic (exact) mass is 466 g/mol. The Bertz CT molecular complexity index is 1240. The number of hydrogen-bond acceptors (Lipinski definition) is 5. The van der Waals surface area contributed by atoms with Gasteiger partial charge in [-0.2, -0.15) is 9.78 Å². The summed E-state index contributed by atoms with van der Waals surface area (Å²) in [5, 5.41) is 8.31. The van der Waals surface area contributed by atoms with Gasteiger partial charge in [-0.25, -0.2) is 9.37 Å². The summed E-state index contributed by atoms with van der Waals surface area (Å²) in [7, 11) is 0. The van der Waals surface area contributed by atoms with Gasteiger partial charge in [-0.05, 0) is 80.1 Å². The number of hydrogen-bond donors (Lipinski definition) is 1. The molecule has 1 aliphatic rings. The predicted octanol–water partition coefficient (Wildman–Crippen LogP) is 5.93.